The van der Waals surface area contributed by atoms with Gasteiger partial charge in [-0.05, 0) is 20.8 Å². The minimum atomic E-state index is 0.0788. The highest BCUT2D eigenvalue weighted by atomic mass is 32.1. The monoisotopic (exact) mass is 316 g/mol. The van der Waals surface area contributed by atoms with Crippen LogP contribution in [0.2, 0.25) is 0 Å². The van der Waals surface area contributed by atoms with Crippen molar-refractivity contribution in [2.24, 2.45) is 0 Å². The van der Waals surface area contributed by atoms with E-state index in [0.717, 1.165) is 27.7 Å². The second-order valence-corrected chi connectivity index (χ2v) is 6.47. The Labute approximate surface area is 133 Å². The van der Waals surface area contributed by atoms with E-state index in [0.29, 0.717) is 5.95 Å². The lowest BCUT2D eigenvalue weighted by Gasteiger charge is -2.18. The first-order chi connectivity index (χ1) is 10.5. The molecule has 1 N–H and O–H groups in total. The number of aryl methyl sites for hydroxylation is 1. The van der Waals surface area contributed by atoms with Gasteiger partial charge in [0.1, 0.15) is 5.82 Å². The number of thiazole rings is 1. The van der Waals surface area contributed by atoms with E-state index in [2.05, 4.69) is 33.4 Å². The Morgan fingerprint density at radius 1 is 1.23 bits per heavy atom. The maximum absolute atomic E-state index is 4.64. The fourth-order valence-corrected chi connectivity index (χ4v) is 2.89. The molecule has 0 spiro atoms. The number of hydrogen-bond donors (Lipinski definition) is 1. The normalized spacial score (nSPS) is 12.6. The van der Waals surface area contributed by atoms with Crippen LogP contribution in [0.1, 0.15) is 29.9 Å². The molecule has 0 radical (unpaired) electrons. The Bertz CT molecular complexity index is 775. The van der Waals surface area contributed by atoms with Crippen LogP contribution in [0.15, 0.2) is 17.8 Å². The molecule has 116 valence electrons. The Hall–Kier alpha value is -2.15. The van der Waals surface area contributed by atoms with Gasteiger partial charge in [0.15, 0.2) is 4.96 Å². The first-order valence-corrected chi connectivity index (χ1v) is 8.05. The van der Waals surface area contributed by atoms with Gasteiger partial charge in [-0.25, -0.2) is 9.97 Å². The van der Waals surface area contributed by atoms with E-state index in [1.807, 2.05) is 48.8 Å². The highest BCUT2D eigenvalue weighted by Crippen LogP contribution is 2.24. The molecule has 3 aromatic heterocycles. The summed E-state index contributed by atoms with van der Waals surface area (Å²) in [6.07, 6.45) is 4.08. The SMILES string of the molecule is Cc1nc(N(C)C)nc(NC(C)c2cn3ccsc3n2)c1C. The van der Waals surface area contributed by atoms with Gasteiger partial charge >= 0.3 is 0 Å². The first-order valence-electron chi connectivity index (χ1n) is 7.17. The van der Waals surface area contributed by atoms with Gasteiger partial charge in [-0.3, -0.25) is 4.40 Å². The lowest BCUT2D eigenvalue weighted by Crippen LogP contribution is -2.17. The molecule has 0 amide bonds. The van der Waals surface area contributed by atoms with E-state index in [1.165, 1.54) is 0 Å². The smallest absolute Gasteiger partial charge is 0.227 e. The second-order valence-electron chi connectivity index (χ2n) is 5.60. The third-order valence-corrected chi connectivity index (χ3v) is 4.46. The summed E-state index contributed by atoms with van der Waals surface area (Å²) in [4.78, 5) is 16.7. The molecule has 0 saturated heterocycles. The maximum Gasteiger partial charge on any atom is 0.227 e. The quantitative estimate of drug-likeness (QED) is 0.802. The number of imidazole rings is 1. The minimum absolute atomic E-state index is 0.0788. The molecule has 0 fully saturated rings. The van der Waals surface area contributed by atoms with E-state index in [1.54, 1.807) is 11.3 Å². The molecule has 1 atom stereocenters. The predicted molar refractivity (Wildman–Crippen MR) is 90.9 cm³/mol. The van der Waals surface area contributed by atoms with Crippen LogP contribution in [0, 0.1) is 13.8 Å². The van der Waals surface area contributed by atoms with Crippen molar-refractivity contribution in [2.45, 2.75) is 26.8 Å². The molecule has 3 rings (SSSR count). The molecule has 3 heterocycles. The summed E-state index contributed by atoms with van der Waals surface area (Å²) < 4.78 is 2.04. The first kappa shape index (κ1) is 14.8. The van der Waals surface area contributed by atoms with E-state index >= 15 is 0 Å². The highest BCUT2D eigenvalue weighted by Gasteiger charge is 2.15. The molecule has 0 bridgehead atoms. The van der Waals surface area contributed by atoms with Crippen molar-refractivity contribution in [3.05, 3.63) is 34.7 Å². The second kappa shape index (κ2) is 5.57. The van der Waals surface area contributed by atoms with Crippen molar-refractivity contribution in [1.82, 2.24) is 19.4 Å². The van der Waals surface area contributed by atoms with Crippen molar-refractivity contribution in [2.75, 3.05) is 24.3 Å². The maximum atomic E-state index is 4.64. The number of rotatable bonds is 4. The van der Waals surface area contributed by atoms with Crippen LogP contribution >= 0.6 is 11.3 Å². The third-order valence-electron chi connectivity index (χ3n) is 3.69. The molecular formula is C15H20N6S. The van der Waals surface area contributed by atoms with Gasteiger partial charge in [0.2, 0.25) is 5.95 Å². The largest absolute Gasteiger partial charge is 0.362 e. The predicted octanol–water partition coefficient (Wildman–Crippen LogP) is 3.04. The minimum Gasteiger partial charge on any atom is -0.362 e. The van der Waals surface area contributed by atoms with E-state index in [9.17, 15) is 0 Å². The fraction of sp³-hybridized carbons (Fsp3) is 0.400. The Balaban J connectivity index is 1.89. The number of hydrogen-bond acceptors (Lipinski definition) is 6. The Morgan fingerprint density at radius 3 is 2.68 bits per heavy atom. The summed E-state index contributed by atoms with van der Waals surface area (Å²) in [5.74, 6) is 1.57. The molecule has 22 heavy (non-hydrogen) atoms. The van der Waals surface area contributed by atoms with Crippen molar-refractivity contribution in [3.63, 3.8) is 0 Å². The zero-order valence-electron chi connectivity index (χ0n) is 13.5. The molecule has 0 saturated carbocycles. The molecule has 3 aromatic rings. The van der Waals surface area contributed by atoms with Crippen molar-refractivity contribution in [3.8, 4) is 0 Å². The number of nitrogens with one attached hydrogen (secondary N) is 1. The van der Waals surface area contributed by atoms with Gasteiger partial charge in [-0.15, -0.1) is 11.3 Å². The number of aromatic nitrogens is 4. The molecule has 6 nitrogen and oxygen atoms in total. The lowest BCUT2D eigenvalue weighted by molar-refractivity contribution is 0.833. The summed E-state index contributed by atoms with van der Waals surface area (Å²) in [5.41, 5.74) is 3.06. The third kappa shape index (κ3) is 2.64. The van der Waals surface area contributed by atoms with Crippen LogP contribution in [-0.2, 0) is 0 Å². The molecule has 7 heteroatoms. The van der Waals surface area contributed by atoms with Gasteiger partial charge < -0.3 is 10.2 Å². The van der Waals surface area contributed by atoms with Crippen molar-refractivity contribution < 1.29 is 0 Å². The van der Waals surface area contributed by atoms with E-state index < -0.39 is 0 Å². The summed E-state index contributed by atoms with van der Waals surface area (Å²) in [7, 11) is 3.89. The Kier molecular flexibility index (Phi) is 3.74. The van der Waals surface area contributed by atoms with Crippen LogP contribution in [0.3, 0.4) is 0 Å². The van der Waals surface area contributed by atoms with Gasteiger partial charge in [0, 0.05) is 43.1 Å². The average Bonchev–Trinajstić information content (AvgIpc) is 3.04. The van der Waals surface area contributed by atoms with E-state index in [4.69, 9.17) is 0 Å². The van der Waals surface area contributed by atoms with Crippen LogP contribution in [0.25, 0.3) is 4.96 Å². The summed E-state index contributed by atoms with van der Waals surface area (Å²) in [6, 6.07) is 0.0788. The number of fused-ring (bicyclic) bond motifs is 1. The standard InChI is InChI=1S/C15H20N6S/c1-9-10(2)17-14(20(4)5)19-13(9)16-11(3)12-8-21-6-7-22-15(21)18-12/h6-8,11H,1-5H3,(H,16,17,19). The van der Waals surface area contributed by atoms with Gasteiger partial charge in [0.25, 0.3) is 0 Å². The number of anilines is 2. The molecule has 0 aliphatic rings. The zero-order valence-corrected chi connectivity index (χ0v) is 14.3. The van der Waals surface area contributed by atoms with Gasteiger partial charge in [-0.2, -0.15) is 4.98 Å². The lowest BCUT2D eigenvalue weighted by atomic mass is 10.2. The molecule has 0 aliphatic carbocycles. The van der Waals surface area contributed by atoms with Crippen molar-refractivity contribution >= 4 is 28.1 Å². The Morgan fingerprint density at radius 2 is 2.00 bits per heavy atom. The molecule has 0 aromatic carbocycles. The summed E-state index contributed by atoms with van der Waals surface area (Å²) in [6.45, 7) is 6.14. The molecular weight excluding hydrogens is 296 g/mol. The van der Waals surface area contributed by atoms with E-state index in [-0.39, 0.29) is 6.04 Å². The summed E-state index contributed by atoms with van der Waals surface area (Å²) >= 11 is 1.64. The topological polar surface area (TPSA) is 58.4 Å². The van der Waals surface area contributed by atoms with Crippen LogP contribution in [0.4, 0.5) is 11.8 Å². The zero-order chi connectivity index (χ0) is 15.9. The van der Waals surface area contributed by atoms with Crippen molar-refractivity contribution in [1.29, 1.82) is 0 Å². The highest BCUT2D eigenvalue weighted by molar-refractivity contribution is 7.15. The van der Waals surface area contributed by atoms with Crippen LogP contribution < -0.4 is 10.2 Å². The van der Waals surface area contributed by atoms with Crippen LogP contribution in [0.5, 0.6) is 0 Å². The fourth-order valence-electron chi connectivity index (χ4n) is 2.19. The van der Waals surface area contributed by atoms with Gasteiger partial charge in [0.05, 0.1) is 11.7 Å². The molecule has 1 unspecified atom stereocenters. The number of nitrogens with zero attached hydrogens (tertiary/aromatic N) is 5. The van der Waals surface area contributed by atoms with Gasteiger partial charge in [-0.1, -0.05) is 0 Å². The summed E-state index contributed by atoms with van der Waals surface area (Å²) in [5, 5.41) is 5.50. The average molecular weight is 316 g/mol. The molecule has 0 aliphatic heterocycles. The van der Waals surface area contributed by atoms with Crippen LogP contribution in [-0.4, -0.2) is 33.4 Å².